The van der Waals surface area contributed by atoms with Crippen molar-refractivity contribution in [2.45, 2.75) is 70.9 Å². The lowest BCUT2D eigenvalue weighted by Crippen LogP contribution is -2.26. The number of nitrogens with two attached hydrogens (primary N) is 1. The maximum absolute atomic E-state index is 6.45. The minimum atomic E-state index is 0.402. The third-order valence-corrected chi connectivity index (χ3v) is 6.17. The van der Waals surface area contributed by atoms with E-state index in [0.717, 1.165) is 67.1 Å². The van der Waals surface area contributed by atoms with E-state index >= 15 is 0 Å². The van der Waals surface area contributed by atoms with Gasteiger partial charge in [-0.25, -0.2) is 15.0 Å². The van der Waals surface area contributed by atoms with Crippen LogP contribution in [0.1, 0.15) is 56.6 Å². The van der Waals surface area contributed by atoms with Crippen LogP contribution in [-0.4, -0.2) is 25.6 Å². The van der Waals surface area contributed by atoms with Crippen LogP contribution in [0.3, 0.4) is 0 Å². The molecule has 0 amide bonds. The number of hydrogen-bond acceptors (Lipinski definition) is 4. The predicted octanol–water partition coefficient (Wildman–Crippen LogP) is 4.16. The third-order valence-electron chi connectivity index (χ3n) is 5.90. The molecule has 2 aromatic rings. The summed E-state index contributed by atoms with van der Waals surface area (Å²) in [5, 5.41) is 0.606. The molecule has 140 valence electrons. The molecule has 0 aromatic carbocycles. The molecule has 2 aromatic heterocycles. The predicted molar refractivity (Wildman–Crippen MR) is 104 cm³/mol. The van der Waals surface area contributed by atoms with Crippen molar-refractivity contribution < 1.29 is 0 Å². The van der Waals surface area contributed by atoms with Crippen LogP contribution >= 0.6 is 11.6 Å². The Labute approximate surface area is 160 Å². The lowest BCUT2D eigenvalue weighted by Gasteiger charge is -2.25. The number of imidazole rings is 1. The van der Waals surface area contributed by atoms with Crippen LogP contribution in [0.4, 0.5) is 0 Å². The topological polar surface area (TPSA) is 69.6 Å². The molecule has 0 aliphatic heterocycles. The number of nitrogens with zero attached hydrogens (tertiary/aromatic N) is 4. The Bertz CT molecular complexity index is 760. The molecule has 2 fully saturated rings. The normalized spacial score (nSPS) is 23.3. The molecule has 2 aliphatic carbocycles. The molecular formula is C20H28ClN5. The summed E-state index contributed by atoms with van der Waals surface area (Å²) >= 11 is 6.45. The van der Waals surface area contributed by atoms with Crippen LogP contribution in [0.2, 0.25) is 5.02 Å². The van der Waals surface area contributed by atoms with Crippen LogP contribution in [0.5, 0.6) is 0 Å². The molecular weight excluding hydrogens is 346 g/mol. The Morgan fingerprint density at radius 2 is 1.81 bits per heavy atom. The number of rotatable bonds is 6. The maximum Gasteiger partial charge on any atom is 0.129 e. The summed E-state index contributed by atoms with van der Waals surface area (Å²) in [5.41, 5.74) is 7.86. The molecule has 26 heavy (non-hydrogen) atoms. The van der Waals surface area contributed by atoms with E-state index in [4.69, 9.17) is 22.3 Å². The summed E-state index contributed by atoms with van der Waals surface area (Å²) in [7, 11) is 0. The SMILES string of the molecule is Cc1ncc(-c2nc(CCC3CCC(N)CC3)ncc2Cl)n1CC1CC1. The molecule has 2 saturated carbocycles. The molecule has 2 N–H and O–H groups in total. The van der Waals surface area contributed by atoms with Crippen molar-refractivity contribution in [3.05, 3.63) is 29.1 Å². The van der Waals surface area contributed by atoms with E-state index in [9.17, 15) is 0 Å². The van der Waals surface area contributed by atoms with Crippen LogP contribution in [0, 0.1) is 18.8 Å². The van der Waals surface area contributed by atoms with Crippen molar-refractivity contribution in [3.63, 3.8) is 0 Å². The van der Waals surface area contributed by atoms with E-state index in [-0.39, 0.29) is 0 Å². The zero-order valence-corrected chi connectivity index (χ0v) is 16.3. The first-order valence-corrected chi connectivity index (χ1v) is 10.3. The van der Waals surface area contributed by atoms with Gasteiger partial charge in [-0.1, -0.05) is 11.6 Å². The molecule has 2 heterocycles. The van der Waals surface area contributed by atoms with Gasteiger partial charge in [0.1, 0.15) is 17.3 Å². The van der Waals surface area contributed by atoms with E-state index < -0.39 is 0 Å². The summed E-state index contributed by atoms with van der Waals surface area (Å²) in [4.78, 5) is 13.8. The summed E-state index contributed by atoms with van der Waals surface area (Å²) < 4.78 is 2.26. The van der Waals surface area contributed by atoms with Gasteiger partial charge < -0.3 is 10.3 Å². The van der Waals surface area contributed by atoms with Crippen molar-refractivity contribution in [1.82, 2.24) is 19.5 Å². The summed E-state index contributed by atoms with van der Waals surface area (Å²) in [6, 6.07) is 0.402. The first-order chi connectivity index (χ1) is 12.6. The third kappa shape index (κ3) is 4.09. The first-order valence-electron chi connectivity index (χ1n) is 9.89. The largest absolute Gasteiger partial charge is 0.328 e. The Morgan fingerprint density at radius 1 is 1.08 bits per heavy atom. The highest BCUT2D eigenvalue weighted by atomic mass is 35.5. The van der Waals surface area contributed by atoms with Gasteiger partial charge in [-0.2, -0.15) is 0 Å². The lowest BCUT2D eigenvalue weighted by atomic mass is 9.84. The Kier molecular flexibility index (Phi) is 5.28. The molecule has 0 atom stereocenters. The van der Waals surface area contributed by atoms with E-state index in [2.05, 4.69) is 21.5 Å². The van der Waals surface area contributed by atoms with Crippen molar-refractivity contribution >= 4 is 11.6 Å². The molecule has 0 unspecified atom stereocenters. The zero-order chi connectivity index (χ0) is 18.1. The number of halogens is 1. The van der Waals surface area contributed by atoms with E-state index in [1.54, 1.807) is 6.20 Å². The average Bonchev–Trinajstić information content (AvgIpc) is 3.39. The smallest absolute Gasteiger partial charge is 0.129 e. The van der Waals surface area contributed by atoms with Crippen molar-refractivity contribution in [2.75, 3.05) is 0 Å². The van der Waals surface area contributed by atoms with Gasteiger partial charge in [0, 0.05) is 25.2 Å². The summed E-state index contributed by atoms with van der Waals surface area (Å²) in [6.07, 6.45) is 13.1. The van der Waals surface area contributed by atoms with Gasteiger partial charge in [-0.15, -0.1) is 0 Å². The van der Waals surface area contributed by atoms with Gasteiger partial charge in [-0.05, 0) is 63.7 Å². The molecule has 0 bridgehead atoms. The molecule has 4 rings (SSSR count). The monoisotopic (exact) mass is 373 g/mol. The highest BCUT2D eigenvalue weighted by Crippen LogP contribution is 2.34. The average molecular weight is 374 g/mol. The summed E-state index contributed by atoms with van der Waals surface area (Å²) in [6.45, 7) is 3.06. The minimum absolute atomic E-state index is 0.402. The Balaban J connectivity index is 1.49. The van der Waals surface area contributed by atoms with E-state index in [1.807, 2.05) is 6.20 Å². The lowest BCUT2D eigenvalue weighted by molar-refractivity contribution is 0.309. The van der Waals surface area contributed by atoms with Crippen LogP contribution in [0.15, 0.2) is 12.4 Å². The first kappa shape index (κ1) is 17.9. The van der Waals surface area contributed by atoms with Crippen molar-refractivity contribution in [1.29, 1.82) is 0 Å². The minimum Gasteiger partial charge on any atom is -0.328 e. The molecule has 5 nitrogen and oxygen atoms in total. The molecule has 0 radical (unpaired) electrons. The van der Waals surface area contributed by atoms with Crippen molar-refractivity contribution in [3.8, 4) is 11.4 Å². The van der Waals surface area contributed by atoms with Gasteiger partial charge in [0.25, 0.3) is 0 Å². The van der Waals surface area contributed by atoms with Crippen molar-refractivity contribution in [2.24, 2.45) is 17.6 Å². The fourth-order valence-corrected chi connectivity index (χ4v) is 4.15. The second-order valence-corrected chi connectivity index (χ2v) is 8.45. The van der Waals surface area contributed by atoms with Gasteiger partial charge in [0.2, 0.25) is 0 Å². The Morgan fingerprint density at radius 3 is 2.54 bits per heavy atom. The summed E-state index contributed by atoms with van der Waals surface area (Å²) in [5.74, 6) is 3.44. The maximum atomic E-state index is 6.45. The van der Waals surface area contributed by atoms with Crippen LogP contribution in [0.25, 0.3) is 11.4 Å². The fourth-order valence-electron chi connectivity index (χ4n) is 3.96. The van der Waals surface area contributed by atoms with Gasteiger partial charge in [0.15, 0.2) is 0 Å². The van der Waals surface area contributed by atoms with Gasteiger partial charge >= 0.3 is 0 Å². The number of aryl methyl sites for hydroxylation is 2. The van der Waals surface area contributed by atoms with Crippen LogP contribution < -0.4 is 5.73 Å². The fraction of sp³-hybridized carbons (Fsp3) is 0.650. The highest BCUT2D eigenvalue weighted by molar-refractivity contribution is 6.32. The second kappa shape index (κ2) is 7.65. The Hall–Kier alpha value is -1.46. The second-order valence-electron chi connectivity index (χ2n) is 8.05. The number of aromatic nitrogens is 4. The van der Waals surface area contributed by atoms with Crippen LogP contribution in [-0.2, 0) is 13.0 Å². The van der Waals surface area contributed by atoms with Gasteiger partial charge in [0.05, 0.1) is 16.9 Å². The van der Waals surface area contributed by atoms with E-state index in [1.165, 1.54) is 25.7 Å². The number of hydrogen-bond donors (Lipinski definition) is 1. The molecule has 6 heteroatoms. The standard InChI is InChI=1S/C20H28ClN5/c1-13-23-11-18(26(13)12-15-2-3-15)20-17(21)10-24-19(25-20)9-6-14-4-7-16(22)8-5-14/h10-11,14-16H,2-9,12,22H2,1H3. The molecule has 0 saturated heterocycles. The quantitative estimate of drug-likeness (QED) is 0.825. The van der Waals surface area contributed by atoms with Gasteiger partial charge in [-0.3, -0.25) is 0 Å². The molecule has 2 aliphatic rings. The highest BCUT2D eigenvalue weighted by Gasteiger charge is 2.25. The van der Waals surface area contributed by atoms with E-state index in [0.29, 0.717) is 11.1 Å². The zero-order valence-electron chi connectivity index (χ0n) is 15.5. The molecule has 0 spiro atoms.